The summed E-state index contributed by atoms with van der Waals surface area (Å²) in [5.74, 6) is -0.0467. The molecule has 0 saturated carbocycles. The Bertz CT molecular complexity index is 524. The first-order valence-electron chi connectivity index (χ1n) is 5.59. The molecule has 0 unspecified atom stereocenters. The van der Waals surface area contributed by atoms with Crippen LogP contribution < -0.4 is 4.74 Å². The van der Waals surface area contributed by atoms with Crippen molar-refractivity contribution in [3.63, 3.8) is 0 Å². The smallest absolute Gasteiger partial charge is 0.273 e. The lowest BCUT2D eigenvalue weighted by molar-refractivity contribution is 0.0172. The van der Waals surface area contributed by atoms with E-state index in [1.54, 1.807) is 29.4 Å². The van der Waals surface area contributed by atoms with Gasteiger partial charge in [0.1, 0.15) is 11.8 Å². The zero-order valence-electron chi connectivity index (χ0n) is 9.52. The van der Waals surface area contributed by atoms with Crippen LogP contribution in [0.2, 0.25) is 0 Å². The zero-order chi connectivity index (χ0) is 12.4. The van der Waals surface area contributed by atoms with Gasteiger partial charge in [0.25, 0.3) is 11.1 Å². The number of ether oxygens (including phenoxy) is 1. The number of carbonyl (C=O) groups is 1. The maximum absolute atomic E-state index is 12.0. The van der Waals surface area contributed by atoms with Gasteiger partial charge in [0.15, 0.2) is 0 Å². The van der Waals surface area contributed by atoms with Gasteiger partial charge in [-0.1, -0.05) is 17.4 Å². The Labute approximate surface area is 108 Å². The van der Waals surface area contributed by atoms with E-state index in [0.29, 0.717) is 24.0 Å². The second-order valence-electron chi connectivity index (χ2n) is 3.96. The number of likely N-dealkylation sites (tertiary alicyclic amines) is 1. The first kappa shape index (κ1) is 11.2. The third-order valence-corrected chi connectivity index (χ3v) is 3.36. The van der Waals surface area contributed by atoms with Gasteiger partial charge in [-0.25, -0.2) is 4.98 Å². The second kappa shape index (κ2) is 4.73. The van der Waals surface area contributed by atoms with E-state index in [0.717, 1.165) is 0 Å². The SMILES string of the molecule is O=C(c1ccccn1)N1CC(Oc2nccs2)C1. The van der Waals surface area contributed by atoms with Crippen LogP contribution in [0, 0.1) is 0 Å². The Morgan fingerprint density at radius 2 is 2.22 bits per heavy atom. The minimum atomic E-state index is -0.0467. The summed E-state index contributed by atoms with van der Waals surface area (Å²) in [6.07, 6.45) is 3.37. The Morgan fingerprint density at radius 3 is 2.89 bits per heavy atom. The molecular weight excluding hydrogens is 250 g/mol. The van der Waals surface area contributed by atoms with Crippen LogP contribution >= 0.6 is 11.3 Å². The molecule has 0 aromatic carbocycles. The second-order valence-corrected chi connectivity index (χ2v) is 4.82. The number of pyridine rings is 1. The summed E-state index contributed by atoms with van der Waals surface area (Å²) < 4.78 is 5.60. The van der Waals surface area contributed by atoms with Gasteiger partial charge in [-0.05, 0) is 12.1 Å². The number of aromatic nitrogens is 2. The van der Waals surface area contributed by atoms with E-state index in [4.69, 9.17) is 4.74 Å². The van der Waals surface area contributed by atoms with Gasteiger partial charge in [0.2, 0.25) is 0 Å². The molecule has 0 bridgehead atoms. The zero-order valence-corrected chi connectivity index (χ0v) is 10.3. The molecule has 5 nitrogen and oxygen atoms in total. The normalized spacial score (nSPS) is 15.2. The van der Waals surface area contributed by atoms with Crippen LogP contribution in [0.1, 0.15) is 10.5 Å². The van der Waals surface area contributed by atoms with E-state index in [2.05, 4.69) is 9.97 Å². The van der Waals surface area contributed by atoms with E-state index in [1.807, 2.05) is 11.4 Å². The average molecular weight is 261 g/mol. The number of amides is 1. The van der Waals surface area contributed by atoms with Gasteiger partial charge in [0.05, 0.1) is 13.1 Å². The van der Waals surface area contributed by atoms with Crippen LogP contribution in [0.4, 0.5) is 0 Å². The van der Waals surface area contributed by atoms with Crippen molar-refractivity contribution in [2.75, 3.05) is 13.1 Å². The lowest BCUT2D eigenvalue weighted by Gasteiger charge is -2.37. The standard InChI is InChI=1S/C12H11N3O2S/c16-11(10-3-1-2-4-13-10)15-7-9(8-15)17-12-14-5-6-18-12/h1-6,9H,7-8H2. The molecule has 0 N–H and O–H groups in total. The molecule has 0 spiro atoms. The Balaban J connectivity index is 1.55. The number of hydrogen-bond acceptors (Lipinski definition) is 5. The summed E-state index contributed by atoms with van der Waals surface area (Å²) in [7, 11) is 0. The molecule has 1 saturated heterocycles. The monoisotopic (exact) mass is 261 g/mol. The molecule has 92 valence electrons. The number of thiazole rings is 1. The van der Waals surface area contributed by atoms with Crippen molar-refractivity contribution in [3.8, 4) is 5.19 Å². The van der Waals surface area contributed by atoms with Crippen molar-refractivity contribution in [2.24, 2.45) is 0 Å². The molecule has 1 aliphatic rings. The van der Waals surface area contributed by atoms with Crippen LogP contribution in [-0.2, 0) is 0 Å². The largest absolute Gasteiger partial charge is 0.463 e. The molecule has 0 aliphatic carbocycles. The molecule has 1 aliphatic heterocycles. The lowest BCUT2D eigenvalue weighted by Crippen LogP contribution is -2.56. The molecule has 2 aromatic rings. The average Bonchev–Trinajstić information content (AvgIpc) is 2.86. The van der Waals surface area contributed by atoms with Gasteiger partial charge >= 0.3 is 0 Å². The van der Waals surface area contributed by atoms with Gasteiger partial charge in [-0.2, -0.15) is 0 Å². The summed E-state index contributed by atoms with van der Waals surface area (Å²) in [4.78, 5) is 21.8. The summed E-state index contributed by atoms with van der Waals surface area (Å²) in [5.41, 5.74) is 0.477. The maximum atomic E-state index is 12.0. The first-order chi connectivity index (χ1) is 8.83. The van der Waals surface area contributed by atoms with Gasteiger partial charge < -0.3 is 9.64 Å². The third kappa shape index (κ3) is 2.19. The van der Waals surface area contributed by atoms with Crippen molar-refractivity contribution in [2.45, 2.75) is 6.10 Å². The van der Waals surface area contributed by atoms with E-state index in [9.17, 15) is 4.79 Å². The highest BCUT2D eigenvalue weighted by molar-refractivity contribution is 7.11. The number of nitrogens with zero attached hydrogens (tertiary/aromatic N) is 3. The van der Waals surface area contributed by atoms with Crippen LogP contribution in [0.25, 0.3) is 0 Å². The minimum absolute atomic E-state index is 0.0452. The third-order valence-electron chi connectivity index (χ3n) is 2.70. The lowest BCUT2D eigenvalue weighted by atomic mass is 10.1. The molecule has 1 amide bonds. The van der Waals surface area contributed by atoms with Gasteiger partial charge in [-0.15, -0.1) is 0 Å². The molecule has 2 aromatic heterocycles. The van der Waals surface area contributed by atoms with Crippen molar-refractivity contribution in [1.82, 2.24) is 14.9 Å². The van der Waals surface area contributed by atoms with E-state index in [1.165, 1.54) is 11.3 Å². The molecule has 18 heavy (non-hydrogen) atoms. The van der Waals surface area contributed by atoms with Crippen LogP contribution in [0.3, 0.4) is 0 Å². The predicted molar refractivity (Wildman–Crippen MR) is 66.7 cm³/mol. The van der Waals surface area contributed by atoms with Crippen molar-refractivity contribution >= 4 is 17.2 Å². The minimum Gasteiger partial charge on any atom is -0.463 e. The van der Waals surface area contributed by atoms with Crippen molar-refractivity contribution < 1.29 is 9.53 Å². The van der Waals surface area contributed by atoms with E-state index < -0.39 is 0 Å². The number of carbonyl (C=O) groups excluding carboxylic acids is 1. The Morgan fingerprint density at radius 1 is 1.33 bits per heavy atom. The topological polar surface area (TPSA) is 55.3 Å². The quantitative estimate of drug-likeness (QED) is 0.839. The summed E-state index contributed by atoms with van der Waals surface area (Å²) in [6.45, 7) is 1.18. The molecular formula is C12H11N3O2S. The molecule has 1 fully saturated rings. The van der Waals surface area contributed by atoms with Crippen molar-refractivity contribution in [3.05, 3.63) is 41.7 Å². The molecule has 0 atom stereocenters. The fourth-order valence-electron chi connectivity index (χ4n) is 1.74. The van der Waals surface area contributed by atoms with Crippen molar-refractivity contribution in [1.29, 1.82) is 0 Å². The fraction of sp³-hybridized carbons (Fsp3) is 0.250. The Hall–Kier alpha value is -1.95. The predicted octanol–water partition coefficient (Wildman–Crippen LogP) is 1.44. The molecule has 0 radical (unpaired) electrons. The number of rotatable bonds is 3. The molecule has 3 rings (SSSR count). The highest BCUT2D eigenvalue weighted by atomic mass is 32.1. The highest BCUT2D eigenvalue weighted by Crippen LogP contribution is 2.21. The summed E-state index contributed by atoms with van der Waals surface area (Å²) in [6, 6.07) is 5.32. The van der Waals surface area contributed by atoms with Crippen LogP contribution in [0.15, 0.2) is 36.0 Å². The van der Waals surface area contributed by atoms with Gasteiger partial charge in [-0.3, -0.25) is 9.78 Å². The van der Waals surface area contributed by atoms with E-state index in [-0.39, 0.29) is 12.0 Å². The summed E-state index contributed by atoms with van der Waals surface area (Å²) in [5, 5.41) is 2.52. The van der Waals surface area contributed by atoms with Crippen LogP contribution in [0.5, 0.6) is 5.19 Å². The first-order valence-corrected chi connectivity index (χ1v) is 6.47. The van der Waals surface area contributed by atoms with E-state index >= 15 is 0 Å². The highest BCUT2D eigenvalue weighted by Gasteiger charge is 2.33. The number of hydrogen-bond donors (Lipinski definition) is 0. The Kier molecular flexibility index (Phi) is 2.93. The van der Waals surface area contributed by atoms with Gasteiger partial charge in [0, 0.05) is 17.8 Å². The molecule has 3 heterocycles. The van der Waals surface area contributed by atoms with Crippen LogP contribution in [-0.4, -0.2) is 40.0 Å². The summed E-state index contributed by atoms with van der Waals surface area (Å²) >= 11 is 1.46. The maximum Gasteiger partial charge on any atom is 0.273 e. The molecule has 6 heteroatoms. The fourth-order valence-corrected chi connectivity index (χ4v) is 2.29.